The van der Waals surface area contributed by atoms with Crippen molar-refractivity contribution in [3.05, 3.63) is 28.5 Å². The maximum Gasteiger partial charge on any atom is 0.111 e. The van der Waals surface area contributed by atoms with Crippen LogP contribution in [0, 0.1) is 0 Å². The first kappa shape index (κ1) is 12.9. The molecular formula is C12H14BrClN2O. The number of ether oxygens (including phenoxy) is 1. The van der Waals surface area contributed by atoms with E-state index in [1.807, 2.05) is 12.1 Å². The molecule has 0 fully saturated rings. The van der Waals surface area contributed by atoms with E-state index in [1.54, 1.807) is 7.11 Å². The van der Waals surface area contributed by atoms with Gasteiger partial charge in [-0.05, 0) is 18.2 Å². The predicted octanol–water partition coefficient (Wildman–Crippen LogP) is 3.23. The van der Waals surface area contributed by atoms with Crippen molar-refractivity contribution < 1.29 is 4.74 Å². The summed E-state index contributed by atoms with van der Waals surface area (Å²) in [6.45, 7) is 1.48. The van der Waals surface area contributed by atoms with Gasteiger partial charge in [-0.2, -0.15) is 0 Å². The molecule has 0 spiro atoms. The van der Waals surface area contributed by atoms with Gasteiger partial charge in [0.25, 0.3) is 0 Å². The topological polar surface area (TPSA) is 27.1 Å². The number of hydrogen-bond acceptors (Lipinski definition) is 2. The number of methoxy groups -OCH3 is 1. The first-order chi connectivity index (χ1) is 8.26. The molecule has 0 atom stereocenters. The number of rotatable bonds is 5. The normalized spacial score (nSPS) is 11.2. The van der Waals surface area contributed by atoms with Gasteiger partial charge in [-0.15, -0.1) is 11.6 Å². The summed E-state index contributed by atoms with van der Waals surface area (Å²) < 4.78 is 8.34. The van der Waals surface area contributed by atoms with E-state index in [0.29, 0.717) is 12.5 Å². The van der Waals surface area contributed by atoms with Crippen molar-refractivity contribution in [2.24, 2.45) is 0 Å². The van der Waals surface area contributed by atoms with Crippen LogP contribution in [-0.4, -0.2) is 29.1 Å². The highest BCUT2D eigenvalue weighted by Crippen LogP contribution is 2.21. The highest BCUT2D eigenvalue weighted by Gasteiger charge is 2.10. The lowest BCUT2D eigenvalue weighted by Crippen LogP contribution is -2.08. The van der Waals surface area contributed by atoms with Crippen LogP contribution in [0.3, 0.4) is 0 Å². The van der Waals surface area contributed by atoms with Gasteiger partial charge in [-0.1, -0.05) is 15.9 Å². The zero-order valence-electron chi connectivity index (χ0n) is 9.62. The number of benzene rings is 1. The van der Waals surface area contributed by atoms with E-state index in [2.05, 4.69) is 31.5 Å². The molecular weight excluding hydrogens is 304 g/mol. The van der Waals surface area contributed by atoms with Crippen molar-refractivity contribution in [3.8, 4) is 0 Å². The summed E-state index contributed by atoms with van der Waals surface area (Å²) in [6.07, 6.45) is 0.775. The molecule has 1 aromatic carbocycles. The first-order valence-corrected chi connectivity index (χ1v) is 6.78. The Morgan fingerprint density at radius 3 is 3.00 bits per heavy atom. The lowest BCUT2D eigenvalue weighted by Gasteiger charge is -2.07. The van der Waals surface area contributed by atoms with Crippen LogP contribution in [0.4, 0.5) is 0 Å². The number of fused-ring (bicyclic) bond motifs is 1. The summed E-state index contributed by atoms with van der Waals surface area (Å²) >= 11 is 9.26. The molecule has 0 N–H and O–H groups in total. The Morgan fingerprint density at radius 1 is 1.47 bits per heavy atom. The molecule has 0 bridgehead atoms. The summed E-state index contributed by atoms with van der Waals surface area (Å²) in [5.74, 6) is 1.60. The van der Waals surface area contributed by atoms with E-state index in [4.69, 9.17) is 16.3 Å². The van der Waals surface area contributed by atoms with Gasteiger partial charge in [0.1, 0.15) is 5.82 Å². The van der Waals surface area contributed by atoms with Crippen molar-refractivity contribution in [2.45, 2.75) is 13.0 Å². The smallest absolute Gasteiger partial charge is 0.111 e. The Labute approximate surface area is 114 Å². The third-order valence-electron chi connectivity index (χ3n) is 2.63. The van der Waals surface area contributed by atoms with E-state index in [-0.39, 0.29) is 0 Å². The van der Waals surface area contributed by atoms with E-state index in [0.717, 1.165) is 34.3 Å². The third kappa shape index (κ3) is 2.81. The lowest BCUT2D eigenvalue weighted by molar-refractivity contribution is 0.187. The summed E-state index contributed by atoms with van der Waals surface area (Å²) in [5, 5.41) is 0. The second-order valence-electron chi connectivity index (χ2n) is 3.74. The Hall–Kier alpha value is -0.580. The number of imidazole rings is 1. The largest absolute Gasteiger partial charge is 0.383 e. The van der Waals surface area contributed by atoms with Gasteiger partial charge < -0.3 is 9.30 Å². The van der Waals surface area contributed by atoms with E-state index >= 15 is 0 Å². The van der Waals surface area contributed by atoms with Gasteiger partial charge in [-0.3, -0.25) is 0 Å². The SMILES string of the molecule is COCCn1c(CCCl)nc2cc(Br)ccc21. The average molecular weight is 318 g/mol. The Kier molecular flexibility index (Phi) is 4.42. The van der Waals surface area contributed by atoms with Crippen molar-refractivity contribution in [2.75, 3.05) is 19.6 Å². The molecule has 0 aliphatic heterocycles. The van der Waals surface area contributed by atoms with Gasteiger partial charge in [0, 0.05) is 30.4 Å². The number of aryl methyl sites for hydroxylation is 1. The molecule has 0 unspecified atom stereocenters. The van der Waals surface area contributed by atoms with Gasteiger partial charge in [0.2, 0.25) is 0 Å². The Balaban J connectivity index is 2.46. The molecule has 0 aliphatic carbocycles. The Morgan fingerprint density at radius 2 is 2.29 bits per heavy atom. The highest BCUT2D eigenvalue weighted by atomic mass is 79.9. The van der Waals surface area contributed by atoms with Crippen LogP contribution < -0.4 is 0 Å². The summed E-state index contributed by atoms with van der Waals surface area (Å²) in [6, 6.07) is 6.12. The zero-order valence-corrected chi connectivity index (χ0v) is 12.0. The molecule has 2 rings (SSSR count). The minimum absolute atomic E-state index is 0.581. The predicted molar refractivity (Wildman–Crippen MR) is 73.7 cm³/mol. The molecule has 0 aliphatic rings. The standard InChI is InChI=1S/C12H14BrClN2O/c1-17-7-6-16-11-3-2-9(13)8-10(11)15-12(16)4-5-14/h2-3,8H,4-7H2,1H3. The minimum Gasteiger partial charge on any atom is -0.383 e. The monoisotopic (exact) mass is 316 g/mol. The fourth-order valence-corrected chi connectivity index (χ4v) is 2.38. The van der Waals surface area contributed by atoms with E-state index in [9.17, 15) is 0 Å². The molecule has 0 saturated heterocycles. The number of hydrogen-bond donors (Lipinski definition) is 0. The summed E-state index contributed by atoms with van der Waals surface area (Å²) in [4.78, 5) is 4.61. The fraction of sp³-hybridized carbons (Fsp3) is 0.417. The second kappa shape index (κ2) is 5.85. The Bertz CT molecular complexity index is 512. The number of aromatic nitrogens is 2. The van der Waals surface area contributed by atoms with E-state index < -0.39 is 0 Å². The first-order valence-electron chi connectivity index (χ1n) is 5.46. The summed E-state index contributed by atoms with van der Waals surface area (Å²) in [5.41, 5.74) is 2.13. The van der Waals surface area contributed by atoms with Crippen LogP contribution in [0.15, 0.2) is 22.7 Å². The molecule has 2 aromatic rings. The molecule has 5 heteroatoms. The van der Waals surface area contributed by atoms with Gasteiger partial charge in [0.05, 0.1) is 17.6 Å². The molecule has 0 saturated carbocycles. The molecule has 1 heterocycles. The second-order valence-corrected chi connectivity index (χ2v) is 5.04. The molecule has 3 nitrogen and oxygen atoms in total. The van der Waals surface area contributed by atoms with Crippen molar-refractivity contribution in [1.82, 2.24) is 9.55 Å². The van der Waals surface area contributed by atoms with Gasteiger partial charge in [-0.25, -0.2) is 4.98 Å². The number of alkyl halides is 1. The van der Waals surface area contributed by atoms with Crippen LogP contribution in [0.2, 0.25) is 0 Å². The maximum atomic E-state index is 5.81. The van der Waals surface area contributed by atoms with Crippen molar-refractivity contribution in [3.63, 3.8) is 0 Å². The maximum absolute atomic E-state index is 5.81. The average Bonchev–Trinajstić information content (AvgIpc) is 2.63. The zero-order chi connectivity index (χ0) is 12.3. The number of nitrogens with zero attached hydrogens (tertiary/aromatic N) is 2. The van der Waals surface area contributed by atoms with Gasteiger partial charge >= 0.3 is 0 Å². The van der Waals surface area contributed by atoms with Crippen LogP contribution in [-0.2, 0) is 17.7 Å². The third-order valence-corrected chi connectivity index (χ3v) is 3.31. The van der Waals surface area contributed by atoms with Crippen LogP contribution >= 0.6 is 27.5 Å². The summed E-state index contributed by atoms with van der Waals surface area (Å²) in [7, 11) is 1.71. The van der Waals surface area contributed by atoms with Gasteiger partial charge in [0.15, 0.2) is 0 Å². The quantitative estimate of drug-likeness (QED) is 0.792. The number of halogens is 2. The molecule has 1 aromatic heterocycles. The molecule has 92 valence electrons. The highest BCUT2D eigenvalue weighted by molar-refractivity contribution is 9.10. The molecule has 17 heavy (non-hydrogen) atoms. The fourth-order valence-electron chi connectivity index (χ4n) is 1.86. The molecule has 0 amide bonds. The van der Waals surface area contributed by atoms with E-state index in [1.165, 1.54) is 0 Å². The van der Waals surface area contributed by atoms with Crippen LogP contribution in [0.25, 0.3) is 11.0 Å². The van der Waals surface area contributed by atoms with Crippen molar-refractivity contribution >= 4 is 38.6 Å². The lowest BCUT2D eigenvalue weighted by atomic mass is 10.3. The minimum atomic E-state index is 0.581. The van der Waals surface area contributed by atoms with Crippen LogP contribution in [0.5, 0.6) is 0 Å². The van der Waals surface area contributed by atoms with Crippen LogP contribution in [0.1, 0.15) is 5.82 Å². The van der Waals surface area contributed by atoms with Crippen molar-refractivity contribution in [1.29, 1.82) is 0 Å². The molecule has 0 radical (unpaired) electrons.